The molecule has 1 atom stereocenters. The molecule has 2 aliphatic carbocycles. The van der Waals surface area contributed by atoms with E-state index < -0.39 is 12.0 Å². The normalized spacial score (nSPS) is 20.1. The van der Waals surface area contributed by atoms with Crippen LogP contribution in [0.2, 0.25) is 0 Å². The van der Waals surface area contributed by atoms with Crippen molar-refractivity contribution in [3.63, 3.8) is 0 Å². The molecule has 1 N–H and O–H groups in total. The van der Waals surface area contributed by atoms with Crippen LogP contribution in [-0.2, 0) is 4.79 Å². The Kier molecular flexibility index (Phi) is 4.21. The largest absolute Gasteiger partial charge is 0.480 e. The number of carboxylic acids is 1. The molecule has 1 aromatic heterocycles. The summed E-state index contributed by atoms with van der Waals surface area (Å²) in [4.78, 5) is 30.9. The van der Waals surface area contributed by atoms with Crippen LogP contribution >= 0.6 is 11.3 Å². The molecule has 5 nitrogen and oxygen atoms in total. The van der Waals surface area contributed by atoms with Gasteiger partial charge in [0.2, 0.25) is 0 Å². The van der Waals surface area contributed by atoms with Gasteiger partial charge in [0.15, 0.2) is 0 Å². The van der Waals surface area contributed by atoms with E-state index in [1.165, 1.54) is 24.2 Å². The molecular weight excluding hydrogens is 300 g/mol. The standard InChI is InChI=1S/C16H22N2O3S/c1-9-13(22-14(17-9)11-5-3-4-6-11)15(19)18(12-7-8-12)10(2)16(20)21/h10-12H,3-8H2,1-2H3,(H,20,21). The van der Waals surface area contributed by atoms with E-state index in [1.807, 2.05) is 6.92 Å². The van der Waals surface area contributed by atoms with Crippen LogP contribution in [0.3, 0.4) is 0 Å². The number of amides is 1. The molecule has 1 aromatic rings. The number of aryl methyl sites for hydroxylation is 1. The average Bonchev–Trinajstić information content (AvgIpc) is 3.01. The van der Waals surface area contributed by atoms with Crippen molar-refractivity contribution < 1.29 is 14.7 Å². The van der Waals surface area contributed by atoms with Gasteiger partial charge in [0.1, 0.15) is 10.9 Å². The van der Waals surface area contributed by atoms with Gasteiger partial charge in [0.25, 0.3) is 5.91 Å². The first-order chi connectivity index (χ1) is 10.5. The van der Waals surface area contributed by atoms with Crippen molar-refractivity contribution in [1.29, 1.82) is 0 Å². The molecule has 3 rings (SSSR count). The molecule has 6 heteroatoms. The van der Waals surface area contributed by atoms with Gasteiger partial charge in [0.05, 0.1) is 10.7 Å². The first kappa shape index (κ1) is 15.5. The number of aliphatic carboxylic acids is 1. The average molecular weight is 322 g/mol. The summed E-state index contributed by atoms with van der Waals surface area (Å²) in [6.07, 6.45) is 6.57. The fourth-order valence-corrected chi connectivity index (χ4v) is 4.39. The number of hydrogen-bond donors (Lipinski definition) is 1. The molecular formula is C16H22N2O3S. The van der Waals surface area contributed by atoms with E-state index >= 15 is 0 Å². The molecule has 0 spiro atoms. The lowest BCUT2D eigenvalue weighted by Gasteiger charge is -2.26. The van der Waals surface area contributed by atoms with Crippen LogP contribution in [0.5, 0.6) is 0 Å². The van der Waals surface area contributed by atoms with E-state index in [1.54, 1.807) is 11.8 Å². The zero-order valence-corrected chi connectivity index (χ0v) is 13.9. The van der Waals surface area contributed by atoms with Crippen LogP contribution in [0.15, 0.2) is 0 Å². The second-order valence-electron chi connectivity index (χ2n) is 6.41. The number of carbonyl (C=O) groups is 2. The number of nitrogens with zero attached hydrogens (tertiary/aromatic N) is 2. The van der Waals surface area contributed by atoms with Gasteiger partial charge in [-0.05, 0) is 39.5 Å². The fraction of sp³-hybridized carbons (Fsp3) is 0.688. The van der Waals surface area contributed by atoms with Crippen molar-refractivity contribution in [2.45, 2.75) is 70.4 Å². The maximum absolute atomic E-state index is 12.9. The van der Waals surface area contributed by atoms with Crippen molar-refractivity contribution >= 4 is 23.2 Å². The molecule has 2 fully saturated rings. The predicted octanol–water partition coefficient (Wildman–Crippen LogP) is 3.19. The summed E-state index contributed by atoms with van der Waals surface area (Å²) >= 11 is 1.47. The minimum Gasteiger partial charge on any atom is -0.480 e. The monoisotopic (exact) mass is 322 g/mol. The Labute approximate surface area is 134 Å². The third kappa shape index (κ3) is 2.89. The van der Waals surface area contributed by atoms with E-state index in [0.717, 1.165) is 36.4 Å². The first-order valence-electron chi connectivity index (χ1n) is 8.02. The Hall–Kier alpha value is -1.43. The maximum atomic E-state index is 12.9. The number of thiazole rings is 1. The number of carboxylic acid groups (broad SMARTS) is 1. The molecule has 1 heterocycles. The van der Waals surface area contributed by atoms with Gasteiger partial charge in [-0.2, -0.15) is 0 Å². The molecule has 120 valence electrons. The van der Waals surface area contributed by atoms with Crippen LogP contribution in [0, 0.1) is 6.92 Å². The Morgan fingerprint density at radius 1 is 1.27 bits per heavy atom. The first-order valence-corrected chi connectivity index (χ1v) is 8.83. The van der Waals surface area contributed by atoms with Crippen LogP contribution in [0.4, 0.5) is 0 Å². The molecule has 22 heavy (non-hydrogen) atoms. The highest BCUT2D eigenvalue weighted by molar-refractivity contribution is 7.13. The minimum atomic E-state index is -0.946. The van der Waals surface area contributed by atoms with E-state index in [9.17, 15) is 14.7 Å². The van der Waals surface area contributed by atoms with Gasteiger partial charge in [-0.25, -0.2) is 9.78 Å². The van der Waals surface area contributed by atoms with Crippen LogP contribution in [0.25, 0.3) is 0 Å². The van der Waals surface area contributed by atoms with Crippen molar-refractivity contribution in [1.82, 2.24) is 9.88 Å². The molecule has 0 aliphatic heterocycles. The number of carbonyl (C=O) groups excluding carboxylic acids is 1. The molecule has 2 aliphatic rings. The van der Waals surface area contributed by atoms with Crippen molar-refractivity contribution in [2.24, 2.45) is 0 Å². The maximum Gasteiger partial charge on any atom is 0.326 e. The van der Waals surface area contributed by atoms with Gasteiger partial charge in [-0.1, -0.05) is 12.8 Å². The van der Waals surface area contributed by atoms with Gasteiger partial charge in [-0.3, -0.25) is 4.79 Å². The van der Waals surface area contributed by atoms with Crippen LogP contribution < -0.4 is 0 Å². The van der Waals surface area contributed by atoms with E-state index in [-0.39, 0.29) is 11.9 Å². The summed E-state index contributed by atoms with van der Waals surface area (Å²) in [5.41, 5.74) is 0.750. The van der Waals surface area contributed by atoms with Gasteiger partial charge in [-0.15, -0.1) is 11.3 Å². The summed E-state index contributed by atoms with van der Waals surface area (Å²) in [7, 11) is 0. The number of rotatable bonds is 5. The lowest BCUT2D eigenvalue weighted by molar-refractivity contribution is -0.141. The highest BCUT2D eigenvalue weighted by atomic mass is 32.1. The van der Waals surface area contributed by atoms with Crippen LogP contribution in [-0.4, -0.2) is 39.0 Å². The third-order valence-electron chi connectivity index (χ3n) is 4.66. The molecule has 0 aromatic carbocycles. The second kappa shape index (κ2) is 5.99. The van der Waals surface area contributed by atoms with Gasteiger partial charge >= 0.3 is 5.97 Å². The topological polar surface area (TPSA) is 70.5 Å². The third-order valence-corrected chi connectivity index (χ3v) is 5.97. The molecule has 0 bridgehead atoms. The van der Waals surface area contributed by atoms with E-state index in [0.29, 0.717) is 10.8 Å². The molecule has 0 radical (unpaired) electrons. The molecule has 1 amide bonds. The lowest BCUT2D eigenvalue weighted by atomic mass is 10.1. The molecule has 2 saturated carbocycles. The lowest BCUT2D eigenvalue weighted by Crippen LogP contribution is -2.44. The van der Waals surface area contributed by atoms with E-state index in [2.05, 4.69) is 4.98 Å². The quantitative estimate of drug-likeness (QED) is 0.904. The zero-order chi connectivity index (χ0) is 15.9. The fourth-order valence-electron chi connectivity index (χ4n) is 3.21. The highest BCUT2D eigenvalue weighted by Gasteiger charge is 2.40. The summed E-state index contributed by atoms with van der Waals surface area (Å²) < 4.78 is 0. The van der Waals surface area contributed by atoms with Gasteiger partial charge in [0, 0.05) is 12.0 Å². The van der Waals surface area contributed by atoms with Crippen molar-refractivity contribution in [3.05, 3.63) is 15.6 Å². The van der Waals surface area contributed by atoms with Crippen molar-refractivity contribution in [2.75, 3.05) is 0 Å². The van der Waals surface area contributed by atoms with Crippen molar-refractivity contribution in [3.8, 4) is 0 Å². The molecule has 1 unspecified atom stereocenters. The molecule has 0 saturated heterocycles. The number of hydrogen-bond acceptors (Lipinski definition) is 4. The summed E-state index contributed by atoms with van der Waals surface area (Å²) in [5.74, 6) is -0.619. The minimum absolute atomic E-state index is 0.0787. The predicted molar refractivity (Wildman–Crippen MR) is 84.3 cm³/mol. The Morgan fingerprint density at radius 3 is 2.45 bits per heavy atom. The summed E-state index contributed by atoms with van der Waals surface area (Å²) in [6, 6.07) is -0.702. The Bertz CT molecular complexity index is 588. The Balaban J connectivity index is 1.85. The summed E-state index contributed by atoms with van der Waals surface area (Å²) in [6.45, 7) is 3.45. The SMILES string of the molecule is Cc1nc(C2CCCC2)sc1C(=O)N(C1CC1)C(C)C(=O)O. The van der Waals surface area contributed by atoms with Gasteiger partial charge < -0.3 is 10.0 Å². The second-order valence-corrected chi connectivity index (χ2v) is 7.44. The smallest absolute Gasteiger partial charge is 0.326 e. The van der Waals surface area contributed by atoms with Crippen LogP contribution in [0.1, 0.15) is 71.7 Å². The number of aromatic nitrogens is 1. The zero-order valence-electron chi connectivity index (χ0n) is 13.0. The summed E-state index contributed by atoms with van der Waals surface area (Å²) in [5, 5.41) is 10.3. The Morgan fingerprint density at radius 2 is 1.91 bits per heavy atom. The highest BCUT2D eigenvalue weighted by Crippen LogP contribution is 2.38. The van der Waals surface area contributed by atoms with E-state index in [4.69, 9.17) is 0 Å².